The molecule has 154 valence electrons. The standard InChI is InChI=1S/C23H19N5O3/c24-21(30)19(14-5-2-1-3-6-14)11-15-13-25-22-18(15)9-10-20(27-22)28-23(31)26-16-7-4-8-17(29)12-16/h1-13,29H,(H2,24,30)(H3,25,26,27,28,31). The Morgan fingerprint density at radius 1 is 1.00 bits per heavy atom. The molecule has 0 saturated heterocycles. The van der Waals surface area contributed by atoms with Gasteiger partial charge in [-0.25, -0.2) is 9.78 Å². The lowest BCUT2D eigenvalue weighted by Gasteiger charge is -2.07. The van der Waals surface area contributed by atoms with E-state index in [0.29, 0.717) is 22.7 Å². The molecule has 0 radical (unpaired) electrons. The fraction of sp³-hybridized carbons (Fsp3) is 0. The number of carbonyl (C=O) groups excluding carboxylic acids is 2. The fourth-order valence-corrected chi connectivity index (χ4v) is 3.15. The number of pyridine rings is 1. The number of phenols is 1. The summed E-state index contributed by atoms with van der Waals surface area (Å²) in [7, 11) is 0. The Bertz CT molecular complexity index is 1300. The molecule has 8 nitrogen and oxygen atoms in total. The van der Waals surface area contributed by atoms with E-state index < -0.39 is 11.9 Å². The summed E-state index contributed by atoms with van der Waals surface area (Å²) in [5.74, 6) is -0.147. The van der Waals surface area contributed by atoms with Gasteiger partial charge in [0.15, 0.2) is 0 Å². The molecule has 6 N–H and O–H groups in total. The molecule has 0 atom stereocenters. The van der Waals surface area contributed by atoms with Crippen molar-refractivity contribution in [2.24, 2.45) is 5.73 Å². The summed E-state index contributed by atoms with van der Waals surface area (Å²) in [4.78, 5) is 31.6. The van der Waals surface area contributed by atoms with Crippen LogP contribution in [-0.2, 0) is 4.79 Å². The van der Waals surface area contributed by atoms with Crippen LogP contribution in [0.2, 0.25) is 0 Å². The second-order valence-electron chi connectivity index (χ2n) is 6.75. The SMILES string of the molecule is NC(=O)C(=Cc1c[nH]c2nc(NC(=O)Nc3cccc(O)c3)ccc12)c1ccccc1. The number of nitrogens with two attached hydrogens (primary N) is 1. The maximum atomic E-state index is 12.2. The highest BCUT2D eigenvalue weighted by Gasteiger charge is 2.12. The lowest BCUT2D eigenvalue weighted by molar-refractivity contribution is -0.112. The maximum Gasteiger partial charge on any atom is 0.324 e. The third kappa shape index (κ3) is 4.54. The molecule has 0 aliphatic rings. The molecule has 4 aromatic rings. The molecule has 2 aromatic carbocycles. The third-order valence-electron chi connectivity index (χ3n) is 4.57. The zero-order chi connectivity index (χ0) is 21.8. The molecule has 0 aliphatic carbocycles. The van der Waals surface area contributed by atoms with Gasteiger partial charge in [-0.2, -0.15) is 0 Å². The number of primary amides is 1. The summed E-state index contributed by atoms with van der Waals surface area (Å²) >= 11 is 0. The second-order valence-corrected chi connectivity index (χ2v) is 6.75. The summed E-state index contributed by atoms with van der Waals surface area (Å²) in [6.07, 6.45) is 3.43. The summed E-state index contributed by atoms with van der Waals surface area (Å²) in [5, 5.41) is 15.5. The average Bonchev–Trinajstić information content (AvgIpc) is 3.14. The van der Waals surface area contributed by atoms with Crippen molar-refractivity contribution < 1.29 is 14.7 Å². The van der Waals surface area contributed by atoms with Crippen LogP contribution in [-0.4, -0.2) is 27.0 Å². The first kappa shape index (κ1) is 19.7. The molecule has 31 heavy (non-hydrogen) atoms. The second kappa shape index (κ2) is 8.42. The van der Waals surface area contributed by atoms with Crippen LogP contribution in [0.15, 0.2) is 72.9 Å². The lowest BCUT2D eigenvalue weighted by Crippen LogP contribution is -2.20. The zero-order valence-corrected chi connectivity index (χ0v) is 16.3. The maximum absolute atomic E-state index is 12.2. The number of fused-ring (bicyclic) bond motifs is 1. The Labute approximate surface area is 177 Å². The van der Waals surface area contributed by atoms with E-state index in [9.17, 15) is 14.7 Å². The number of rotatable bonds is 5. The van der Waals surface area contributed by atoms with E-state index in [1.165, 1.54) is 12.1 Å². The van der Waals surface area contributed by atoms with Crippen molar-refractivity contribution >= 4 is 46.1 Å². The normalized spacial score (nSPS) is 11.3. The molecule has 3 amide bonds. The van der Waals surface area contributed by atoms with Gasteiger partial charge < -0.3 is 21.1 Å². The zero-order valence-electron chi connectivity index (χ0n) is 16.3. The largest absolute Gasteiger partial charge is 0.508 e. The highest BCUT2D eigenvalue weighted by Crippen LogP contribution is 2.24. The van der Waals surface area contributed by atoms with E-state index in [0.717, 1.165) is 16.5 Å². The van der Waals surface area contributed by atoms with Gasteiger partial charge >= 0.3 is 6.03 Å². The molecule has 0 fully saturated rings. The Balaban J connectivity index is 1.56. The molecule has 0 unspecified atom stereocenters. The van der Waals surface area contributed by atoms with E-state index in [1.54, 1.807) is 36.5 Å². The number of benzene rings is 2. The Morgan fingerprint density at radius 2 is 1.81 bits per heavy atom. The lowest BCUT2D eigenvalue weighted by atomic mass is 10.0. The van der Waals surface area contributed by atoms with E-state index >= 15 is 0 Å². The van der Waals surface area contributed by atoms with Gasteiger partial charge in [-0.15, -0.1) is 0 Å². The van der Waals surface area contributed by atoms with Gasteiger partial charge in [0.2, 0.25) is 5.91 Å². The molecular weight excluding hydrogens is 394 g/mol. The topological polar surface area (TPSA) is 133 Å². The van der Waals surface area contributed by atoms with Gasteiger partial charge in [0.05, 0.1) is 0 Å². The average molecular weight is 413 g/mol. The third-order valence-corrected chi connectivity index (χ3v) is 4.57. The van der Waals surface area contributed by atoms with Crippen LogP contribution in [0.1, 0.15) is 11.1 Å². The van der Waals surface area contributed by atoms with Crippen molar-refractivity contribution in [2.75, 3.05) is 10.6 Å². The number of aromatic hydroxyl groups is 1. The van der Waals surface area contributed by atoms with Crippen LogP contribution in [0.25, 0.3) is 22.7 Å². The van der Waals surface area contributed by atoms with Crippen molar-refractivity contribution in [2.45, 2.75) is 0 Å². The number of hydrogen-bond acceptors (Lipinski definition) is 4. The number of carbonyl (C=O) groups is 2. The molecule has 0 bridgehead atoms. The number of nitrogens with zero attached hydrogens (tertiary/aromatic N) is 1. The highest BCUT2D eigenvalue weighted by atomic mass is 16.3. The Hall–Kier alpha value is -4.59. The van der Waals surface area contributed by atoms with Gasteiger partial charge in [-0.3, -0.25) is 10.1 Å². The highest BCUT2D eigenvalue weighted by molar-refractivity contribution is 6.24. The molecule has 2 aromatic heterocycles. The first-order valence-electron chi connectivity index (χ1n) is 9.42. The summed E-state index contributed by atoms with van der Waals surface area (Å²) in [6, 6.07) is 18.3. The molecule has 0 saturated carbocycles. The molecular formula is C23H19N5O3. The van der Waals surface area contributed by atoms with Gasteiger partial charge in [-0.05, 0) is 35.9 Å². The molecule has 8 heteroatoms. The van der Waals surface area contributed by atoms with Crippen LogP contribution >= 0.6 is 0 Å². The van der Waals surface area contributed by atoms with E-state index in [-0.39, 0.29) is 5.75 Å². The number of nitrogens with one attached hydrogen (secondary N) is 3. The minimum absolute atomic E-state index is 0.0511. The van der Waals surface area contributed by atoms with Crippen molar-refractivity contribution in [3.8, 4) is 5.75 Å². The van der Waals surface area contributed by atoms with E-state index in [4.69, 9.17) is 5.73 Å². The monoisotopic (exact) mass is 413 g/mol. The van der Waals surface area contributed by atoms with Crippen molar-refractivity contribution in [3.05, 3.63) is 84.1 Å². The van der Waals surface area contributed by atoms with Crippen LogP contribution in [0.3, 0.4) is 0 Å². The summed E-state index contributed by atoms with van der Waals surface area (Å²) in [5.41, 5.74) is 8.42. The molecule has 2 heterocycles. The van der Waals surface area contributed by atoms with Crippen LogP contribution in [0.5, 0.6) is 5.75 Å². The van der Waals surface area contributed by atoms with Gasteiger partial charge in [-0.1, -0.05) is 36.4 Å². The van der Waals surface area contributed by atoms with Gasteiger partial charge in [0.1, 0.15) is 17.2 Å². The number of aromatic nitrogens is 2. The summed E-state index contributed by atoms with van der Waals surface area (Å²) < 4.78 is 0. The quantitative estimate of drug-likeness (QED) is 0.317. The smallest absolute Gasteiger partial charge is 0.324 e. The molecule has 4 rings (SSSR count). The minimum atomic E-state index is -0.532. The van der Waals surface area contributed by atoms with Crippen LogP contribution in [0, 0.1) is 0 Å². The number of amides is 3. The van der Waals surface area contributed by atoms with Crippen molar-refractivity contribution in [3.63, 3.8) is 0 Å². The Kier molecular flexibility index (Phi) is 5.35. The number of anilines is 2. The predicted octanol–water partition coefficient (Wildman–Crippen LogP) is 3.94. The number of urea groups is 1. The number of H-pyrrole nitrogens is 1. The van der Waals surface area contributed by atoms with Crippen molar-refractivity contribution in [1.29, 1.82) is 0 Å². The van der Waals surface area contributed by atoms with Crippen molar-refractivity contribution in [1.82, 2.24) is 9.97 Å². The first-order chi connectivity index (χ1) is 15.0. The van der Waals surface area contributed by atoms with Crippen LogP contribution in [0.4, 0.5) is 16.3 Å². The minimum Gasteiger partial charge on any atom is -0.508 e. The van der Waals surface area contributed by atoms with Crippen LogP contribution < -0.4 is 16.4 Å². The van der Waals surface area contributed by atoms with Gasteiger partial charge in [0, 0.05) is 34.5 Å². The number of aromatic amines is 1. The first-order valence-corrected chi connectivity index (χ1v) is 9.42. The van der Waals surface area contributed by atoms with E-state index in [1.807, 2.05) is 30.3 Å². The number of phenolic OH excluding ortho intramolecular Hbond substituents is 1. The fourth-order valence-electron chi connectivity index (χ4n) is 3.15. The number of hydrogen-bond donors (Lipinski definition) is 5. The summed E-state index contributed by atoms with van der Waals surface area (Å²) in [6.45, 7) is 0. The van der Waals surface area contributed by atoms with E-state index in [2.05, 4.69) is 20.6 Å². The Morgan fingerprint density at radius 3 is 2.55 bits per heavy atom. The molecule has 0 spiro atoms. The predicted molar refractivity (Wildman–Crippen MR) is 120 cm³/mol. The molecule has 0 aliphatic heterocycles. The van der Waals surface area contributed by atoms with Gasteiger partial charge in [0.25, 0.3) is 0 Å².